The maximum atomic E-state index is 12.6. The Hall–Kier alpha value is -7.82. The molecule has 0 aromatic heterocycles. The zero-order chi connectivity index (χ0) is 40.3. The van der Waals surface area contributed by atoms with Crippen LogP contribution in [-0.4, -0.2) is 20.4 Å². The molecule has 0 unspecified atom stereocenters. The third-order valence-corrected chi connectivity index (χ3v) is 11.0. The highest BCUT2D eigenvalue weighted by atomic mass is 16.3. The number of rotatable bonds is 9. The van der Waals surface area contributed by atoms with Gasteiger partial charge in [-0.15, -0.1) is 0 Å². The molecule has 59 heavy (non-hydrogen) atoms. The molecule has 0 saturated heterocycles. The van der Waals surface area contributed by atoms with Gasteiger partial charge in [-0.05, 0) is 98.6 Å². The van der Waals surface area contributed by atoms with Gasteiger partial charge in [-0.25, -0.2) is 0 Å². The molecule has 9 rings (SSSR count). The molecule has 0 aliphatic carbocycles. The minimum atomic E-state index is -0.641. The first-order valence-electron chi connectivity index (χ1n) is 19.6. The van der Waals surface area contributed by atoms with Crippen LogP contribution in [0.25, 0.3) is 66.8 Å². The molecular weight excluding hydrogens is 725 g/mol. The first-order chi connectivity index (χ1) is 28.9. The molecule has 4 N–H and O–H groups in total. The van der Waals surface area contributed by atoms with Crippen LogP contribution in [0.1, 0.15) is 22.6 Å². The predicted molar refractivity (Wildman–Crippen MR) is 240 cm³/mol. The summed E-state index contributed by atoms with van der Waals surface area (Å²) in [5.41, 5.74) is 11.6. The van der Waals surface area contributed by atoms with Crippen molar-refractivity contribution in [1.82, 2.24) is 0 Å². The first-order valence-corrected chi connectivity index (χ1v) is 19.6. The Morgan fingerprint density at radius 2 is 0.559 bits per heavy atom. The summed E-state index contributed by atoms with van der Waals surface area (Å²) < 4.78 is 0. The molecule has 0 atom stereocenters. The van der Waals surface area contributed by atoms with E-state index >= 15 is 0 Å². The molecule has 9 aromatic carbocycles. The molecule has 0 aliphatic heterocycles. The molecule has 0 aliphatic rings. The Balaban J connectivity index is 1.32. The maximum absolute atomic E-state index is 12.6. The van der Waals surface area contributed by atoms with Crippen molar-refractivity contribution >= 4 is 0 Å². The number of benzene rings is 9. The molecule has 4 heteroatoms. The van der Waals surface area contributed by atoms with E-state index in [1.807, 2.05) is 200 Å². The number of phenolic OH excluding ortho intramolecular Hbond substituents is 4. The van der Waals surface area contributed by atoms with Crippen molar-refractivity contribution in [2.75, 3.05) is 0 Å². The SMILES string of the molecule is Oc1ccc(-c2cc(-c3ccccc3)c(O)c(C(c3ccccc3)c3cc(-c4ccc(O)c(-c5ccccc5)c4)cc(-c4ccccc4)c3O)c2)cc1-c1ccccc1. The average Bonchev–Trinajstić information content (AvgIpc) is 3.29. The molecule has 9 aromatic rings. The average molecular weight is 765 g/mol. The Labute approximate surface area is 343 Å². The maximum Gasteiger partial charge on any atom is 0.127 e. The van der Waals surface area contributed by atoms with E-state index < -0.39 is 5.92 Å². The van der Waals surface area contributed by atoms with E-state index in [2.05, 4.69) is 0 Å². The minimum absolute atomic E-state index is 0.0953. The van der Waals surface area contributed by atoms with E-state index in [1.54, 1.807) is 12.1 Å². The van der Waals surface area contributed by atoms with Crippen LogP contribution in [0.3, 0.4) is 0 Å². The van der Waals surface area contributed by atoms with E-state index in [1.165, 1.54) is 0 Å². The number of phenols is 4. The van der Waals surface area contributed by atoms with Gasteiger partial charge in [-0.3, -0.25) is 0 Å². The molecule has 0 saturated carbocycles. The van der Waals surface area contributed by atoms with E-state index in [9.17, 15) is 20.4 Å². The lowest BCUT2D eigenvalue weighted by molar-refractivity contribution is 0.461. The number of hydrogen-bond donors (Lipinski definition) is 4. The van der Waals surface area contributed by atoms with Crippen LogP contribution in [0.15, 0.2) is 212 Å². The topological polar surface area (TPSA) is 80.9 Å². The van der Waals surface area contributed by atoms with Crippen LogP contribution in [-0.2, 0) is 0 Å². The monoisotopic (exact) mass is 764 g/mol. The summed E-state index contributed by atoms with van der Waals surface area (Å²) in [6.07, 6.45) is 0. The smallest absolute Gasteiger partial charge is 0.127 e. The van der Waals surface area contributed by atoms with Gasteiger partial charge < -0.3 is 20.4 Å². The van der Waals surface area contributed by atoms with Gasteiger partial charge in [0.1, 0.15) is 23.0 Å². The van der Waals surface area contributed by atoms with Gasteiger partial charge in [0.05, 0.1) is 0 Å². The standard InChI is InChI=1S/C55H40O4/c56-51-28-26-41(30-45(51)36-16-6-1-7-17-36)43-32-47(38-20-10-3-11-21-38)54(58)49(34-43)53(40-24-14-5-15-25-40)50-35-44(33-48(55(50)59)39-22-12-4-13-23-39)42-27-29-52(57)46(31-42)37-18-8-2-9-19-37/h1-35,53,56-59H. The highest BCUT2D eigenvalue weighted by Crippen LogP contribution is 2.50. The molecule has 284 valence electrons. The number of hydrogen-bond acceptors (Lipinski definition) is 4. The lowest BCUT2D eigenvalue weighted by Gasteiger charge is -2.25. The molecule has 0 bridgehead atoms. The highest BCUT2D eigenvalue weighted by Gasteiger charge is 2.28. The van der Waals surface area contributed by atoms with Crippen molar-refractivity contribution < 1.29 is 20.4 Å². The van der Waals surface area contributed by atoms with Gasteiger partial charge in [-0.2, -0.15) is 0 Å². The van der Waals surface area contributed by atoms with Gasteiger partial charge in [0.2, 0.25) is 0 Å². The second-order valence-electron chi connectivity index (χ2n) is 14.7. The van der Waals surface area contributed by atoms with Gasteiger partial charge in [0, 0.05) is 39.3 Å². The predicted octanol–water partition coefficient (Wildman–Crippen LogP) is 13.7. The van der Waals surface area contributed by atoms with E-state index in [0.717, 1.165) is 50.1 Å². The molecule has 0 heterocycles. The first kappa shape index (κ1) is 36.8. The van der Waals surface area contributed by atoms with Gasteiger partial charge in [0.15, 0.2) is 0 Å². The Morgan fingerprint density at radius 1 is 0.254 bits per heavy atom. The number of aromatic hydroxyl groups is 4. The van der Waals surface area contributed by atoms with Crippen LogP contribution in [0.4, 0.5) is 0 Å². The summed E-state index contributed by atoms with van der Waals surface area (Å²) in [5, 5.41) is 47.3. The van der Waals surface area contributed by atoms with Crippen LogP contribution in [0.2, 0.25) is 0 Å². The van der Waals surface area contributed by atoms with E-state index in [0.29, 0.717) is 33.4 Å². The normalized spacial score (nSPS) is 11.1. The lowest BCUT2D eigenvalue weighted by Crippen LogP contribution is -2.06. The molecule has 0 fully saturated rings. The van der Waals surface area contributed by atoms with Crippen molar-refractivity contribution in [3.8, 4) is 89.8 Å². The second-order valence-corrected chi connectivity index (χ2v) is 14.7. The van der Waals surface area contributed by atoms with Crippen molar-refractivity contribution in [2.45, 2.75) is 5.92 Å². The molecule has 0 radical (unpaired) electrons. The Morgan fingerprint density at radius 3 is 0.915 bits per heavy atom. The fraction of sp³-hybridized carbons (Fsp3) is 0.0182. The largest absolute Gasteiger partial charge is 0.507 e. The van der Waals surface area contributed by atoms with Crippen molar-refractivity contribution in [3.63, 3.8) is 0 Å². The Bertz CT molecular complexity index is 2710. The van der Waals surface area contributed by atoms with Crippen LogP contribution < -0.4 is 0 Å². The summed E-state index contributed by atoms with van der Waals surface area (Å²) in [6, 6.07) is 68.3. The van der Waals surface area contributed by atoms with Gasteiger partial charge in [-0.1, -0.05) is 164 Å². The van der Waals surface area contributed by atoms with Crippen molar-refractivity contribution in [1.29, 1.82) is 0 Å². The molecule has 0 amide bonds. The van der Waals surface area contributed by atoms with Gasteiger partial charge in [0.25, 0.3) is 0 Å². The van der Waals surface area contributed by atoms with E-state index in [4.69, 9.17) is 0 Å². The second kappa shape index (κ2) is 16.0. The minimum Gasteiger partial charge on any atom is -0.507 e. The van der Waals surface area contributed by atoms with Crippen LogP contribution in [0.5, 0.6) is 23.0 Å². The quantitative estimate of drug-likeness (QED) is 0.110. The van der Waals surface area contributed by atoms with Crippen molar-refractivity contribution in [3.05, 3.63) is 229 Å². The molecular formula is C55H40O4. The summed E-state index contributed by atoms with van der Waals surface area (Å²) in [6.45, 7) is 0. The molecule has 4 nitrogen and oxygen atoms in total. The van der Waals surface area contributed by atoms with E-state index in [-0.39, 0.29) is 23.0 Å². The van der Waals surface area contributed by atoms with Crippen molar-refractivity contribution in [2.24, 2.45) is 0 Å². The third kappa shape index (κ3) is 7.32. The zero-order valence-electron chi connectivity index (χ0n) is 32.1. The summed E-state index contributed by atoms with van der Waals surface area (Å²) in [4.78, 5) is 0. The lowest BCUT2D eigenvalue weighted by atomic mass is 9.79. The van der Waals surface area contributed by atoms with Gasteiger partial charge >= 0.3 is 0 Å². The summed E-state index contributed by atoms with van der Waals surface area (Å²) >= 11 is 0. The summed E-state index contributed by atoms with van der Waals surface area (Å²) in [7, 11) is 0. The summed E-state index contributed by atoms with van der Waals surface area (Å²) in [5.74, 6) is -0.109. The Kier molecular flexibility index (Phi) is 9.96. The molecule has 0 spiro atoms. The van der Waals surface area contributed by atoms with Crippen LogP contribution in [0, 0.1) is 0 Å². The third-order valence-electron chi connectivity index (χ3n) is 11.0. The van der Waals surface area contributed by atoms with Crippen LogP contribution >= 0.6 is 0 Å². The fourth-order valence-corrected chi connectivity index (χ4v) is 8.06. The highest BCUT2D eigenvalue weighted by molar-refractivity contribution is 5.86. The zero-order valence-corrected chi connectivity index (χ0v) is 32.1. The fourth-order valence-electron chi connectivity index (χ4n) is 8.06.